The first-order valence-electron chi connectivity index (χ1n) is 8.87. The summed E-state index contributed by atoms with van der Waals surface area (Å²) in [5.74, 6) is 1.14. The first-order chi connectivity index (χ1) is 12.0. The second kappa shape index (κ2) is 8.00. The van der Waals surface area contributed by atoms with Crippen LogP contribution in [-0.2, 0) is 17.6 Å². The Balaban J connectivity index is 1.57. The predicted octanol–water partition coefficient (Wildman–Crippen LogP) is 3.94. The van der Waals surface area contributed by atoms with Gasteiger partial charge in [0, 0.05) is 5.69 Å². The summed E-state index contributed by atoms with van der Waals surface area (Å²) in [7, 11) is 0. The fourth-order valence-corrected chi connectivity index (χ4v) is 4.10. The molecule has 0 aliphatic heterocycles. The van der Waals surface area contributed by atoms with Gasteiger partial charge < -0.3 is 5.32 Å². The van der Waals surface area contributed by atoms with E-state index in [0.29, 0.717) is 5.75 Å². The minimum Gasteiger partial charge on any atom is -0.349 e. The highest BCUT2D eigenvalue weighted by atomic mass is 32.2. The standard InChI is InChI=1S/C20H25N3OS/c1-13-10-20(23-15(3)21-13)25-12-19(24)22-14(2)17-9-8-16-6-4-5-7-18(16)11-17/h8-11,14H,4-7,12H2,1-3H3,(H,22,24). The van der Waals surface area contributed by atoms with Gasteiger partial charge in [0.2, 0.25) is 5.91 Å². The highest BCUT2D eigenvalue weighted by Gasteiger charge is 2.14. The fraction of sp³-hybridized carbons (Fsp3) is 0.450. The third-order valence-electron chi connectivity index (χ3n) is 4.54. The minimum atomic E-state index is 0.0224. The Morgan fingerprint density at radius 2 is 1.92 bits per heavy atom. The summed E-state index contributed by atoms with van der Waals surface area (Å²) >= 11 is 1.45. The lowest BCUT2D eigenvalue weighted by Crippen LogP contribution is -2.28. The maximum Gasteiger partial charge on any atom is 0.230 e. The molecule has 1 aromatic carbocycles. The Morgan fingerprint density at radius 3 is 2.68 bits per heavy atom. The Hall–Kier alpha value is -1.88. The summed E-state index contributed by atoms with van der Waals surface area (Å²) in [5, 5.41) is 3.95. The van der Waals surface area contributed by atoms with E-state index >= 15 is 0 Å². The number of hydrogen-bond donors (Lipinski definition) is 1. The van der Waals surface area contributed by atoms with E-state index in [1.54, 1.807) is 0 Å². The van der Waals surface area contributed by atoms with Gasteiger partial charge >= 0.3 is 0 Å². The van der Waals surface area contributed by atoms with Crippen LogP contribution >= 0.6 is 11.8 Å². The van der Waals surface area contributed by atoms with Crippen molar-refractivity contribution in [2.75, 3.05) is 5.75 Å². The number of thioether (sulfide) groups is 1. The van der Waals surface area contributed by atoms with E-state index in [-0.39, 0.29) is 11.9 Å². The van der Waals surface area contributed by atoms with Gasteiger partial charge in [0.05, 0.1) is 11.8 Å². The molecule has 0 fully saturated rings. The second-order valence-corrected chi connectivity index (χ2v) is 7.70. The average molecular weight is 356 g/mol. The van der Waals surface area contributed by atoms with Crippen molar-refractivity contribution in [3.63, 3.8) is 0 Å². The van der Waals surface area contributed by atoms with E-state index in [9.17, 15) is 4.79 Å². The zero-order valence-electron chi connectivity index (χ0n) is 15.1. The van der Waals surface area contributed by atoms with Crippen LogP contribution in [0.1, 0.15) is 54.0 Å². The van der Waals surface area contributed by atoms with Gasteiger partial charge in [-0.05, 0) is 69.2 Å². The zero-order valence-corrected chi connectivity index (χ0v) is 15.9. The van der Waals surface area contributed by atoms with Crippen molar-refractivity contribution in [3.8, 4) is 0 Å². The molecule has 0 saturated carbocycles. The van der Waals surface area contributed by atoms with Crippen molar-refractivity contribution in [1.29, 1.82) is 0 Å². The molecule has 4 nitrogen and oxygen atoms in total. The van der Waals surface area contributed by atoms with Crippen molar-refractivity contribution in [3.05, 3.63) is 52.5 Å². The van der Waals surface area contributed by atoms with Gasteiger partial charge in [-0.2, -0.15) is 0 Å². The van der Waals surface area contributed by atoms with Crippen LogP contribution in [0.15, 0.2) is 29.3 Å². The number of rotatable bonds is 5. The molecule has 1 heterocycles. The van der Waals surface area contributed by atoms with Crippen LogP contribution in [0.5, 0.6) is 0 Å². The molecule has 1 amide bonds. The molecule has 25 heavy (non-hydrogen) atoms. The molecule has 1 aliphatic carbocycles. The number of aryl methyl sites for hydroxylation is 4. The smallest absolute Gasteiger partial charge is 0.230 e. The van der Waals surface area contributed by atoms with E-state index in [2.05, 4.69) is 33.5 Å². The molecule has 132 valence electrons. The Kier molecular flexibility index (Phi) is 5.74. The fourth-order valence-electron chi connectivity index (χ4n) is 3.29. The minimum absolute atomic E-state index is 0.0224. The maximum absolute atomic E-state index is 12.3. The van der Waals surface area contributed by atoms with Gasteiger partial charge in [0.15, 0.2) is 0 Å². The lowest BCUT2D eigenvalue weighted by Gasteiger charge is -2.20. The van der Waals surface area contributed by atoms with Crippen molar-refractivity contribution < 1.29 is 4.79 Å². The number of nitrogens with zero attached hydrogens (tertiary/aromatic N) is 2. The van der Waals surface area contributed by atoms with Gasteiger partial charge in [0.25, 0.3) is 0 Å². The highest BCUT2D eigenvalue weighted by molar-refractivity contribution is 7.99. The molecule has 5 heteroatoms. The molecule has 1 N–H and O–H groups in total. The highest BCUT2D eigenvalue weighted by Crippen LogP contribution is 2.25. The number of aromatic nitrogens is 2. The predicted molar refractivity (Wildman–Crippen MR) is 102 cm³/mol. The summed E-state index contributed by atoms with van der Waals surface area (Å²) in [6.07, 6.45) is 4.90. The van der Waals surface area contributed by atoms with E-state index in [1.807, 2.05) is 26.8 Å². The number of fused-ring (bicyclic) bond motifs is 1. The van der Waals surface area contributed by atoms with Crippen molar-refractivity contribution in [2.24, 2.45) is 0 Å². The Labute approximate surface area is 153 Å². The summed E-state index contributed by atoms with van der Waals surface area (Å²) < 4.78 is 0. The van der Waals surface area contributed by atoms with Crippen LogP contribution < -0.4 is 5.32 Å². The molecule has 1 aliphatic rings. The van der Waals surface area contributed by atoms with Crippen molar-refractivity contribution in [2.45, 2.75) is 57.5 Å². The van der Waals surface area contributed by atoms with Crippen LogP contribution in [-0.4, -0.2) is 21.6 Å². The van der Waals surface area contributed by atoms with Gasteiger partial charge in [-0.1, -0.05) is 30.0 Å². The molecule has 1 atom stereocenters. The molecule has 3 rings (SSSR count). The van der Waals surface area contributed by atoms with Gasteiger partial charge in [-0.15, -0.1) is 0 Å². The molecular weight excluding hydrogens is 330 g/mol. The van der Waals surface area contributed by atoms with Gasteiger partial charge in [-0.3, -0.25) is 4.79 Å². The third kappa shape index (κ3) is 4.82. The van der Waals surface area contributed by atoms with Crippen LogP contribution in [0, 0.1) is 13.8 Å². The van der Waals surface area contributed by atoms with Crippen LogP contribution in [0.4, 0.5) is 0 Å². The number of amides is 1. The normalized spacial score (nSPS) is 14.7. The number of carbonyl (C=O) groups excluding carboxylic acids is 1. The first kappa shape index (κ1) is 17.9. The molecule has 1 unspecified atom stereocenters. The SMILES string of the molecule is Cc1cc(SCC(=O)NC(C)c2ccc3c(c2)CCCC3)nc(C)n1. The lowest BCUT2D eigenvalue weighted by atomic mass is 9.89. The van der Waals surface area contributed by atoms with E-state index in [1.165, 1.54) is 47.7 Å². The topological polar surface area (TPSA) is 54.9 Å². The molecule has 0 saturated heterocycles. The lowest BCUT2D eigenvalue weighted by molar-refractivity contribution is -0.119. The summed E-state index contributed by atoms with van der Waals surface area (Å²) in [5.41, 5.74) is 5.04. The average Bonchev–Trinajstić information content (AvgIpc) is 2.58. The van der Waals surface area contributed by atoms with Gasteiger partial charge in [-0.25, -0.2) is 9.97 Å². The molecular formula is C20H25N3OS. The molecule has 0 spiro atoms. The van der Waals surface area contributed by atoms with Crippen LogP contribution in [0.25, 0.3) is 0 Å². The number of nitrogens with one attached hydrogen (secondary N) is 1. The molecule has 1 aromatic heterocycles. The monoisotopic (exact) mass is 355 g/mol. The first-order valence-corrected chi connectivity index (χ1v) is 9.86. The van der Waals surface area contributed by atoms with Crippen molar-refractivity contribution >= 4 is 17.7 Å². The Bertz CT molecular complexity index is 755. The van der Waals surface area contributed by atoms with Gasteiger partial charge in [0.1, 0.15) is 10.9 Å². The van der Waals surface area contributed by atoms with E-state index in [4.69, 9.17) is 0 Å². The number of carbonyl (C=O) groups is 1. The van der Waals surface area contributed by atoms with Crippen LogP contribution in [0.3, 0.4) is 0 Å². The Morgan fingerprint density at radius 1 is 1.16 bits per heavy atom. The summed E-state index contributed by atoms with van der Waals surface area (Å²) in [4.78, 5) is 20.9. The summed E-state index contributed by atoms with van der Waals surface area (Å²) in [6, 6.07) is 8.59. The molecule has 0 bridgehead atoms. The maximum atomic E-state index is 12.3. The largest absolute Gasteiger partial charge is 0.349 e. The van der Waals surface area contributed by atoms with Crippen molar-refractivity contribution in [1.82, 2.24) is 15.3 Å². The van der Waals surface area contributed by atoms with E-state index in [0.717, 1.165) is 23.0 Å². The quantitative estimate of drug-likeness (QED) is 0.652. The van der Waals surface area contributed by atoms with Crippen LogP contribution in [0.2, 0.25) is 0 Å². The number of hydrogen-bond acceptors (Lipinski definition) is 4. The zero-order chi connectivity index (χ0) is 17.8. The second-order valence-electron chi connectivity index (χ2n) is 6.71. The summed E-state index contributed by atoms with van der Waals surface area (Å²) in [6.45, 7) is 5.86. The molecule has 2 aromatic rings. The third-order valence-corrected chi connectivity index (χ3v) is 5.46. The van der Waals surface area contributed by atoms with E-state index < -0.39 is 0 Å². The molecule has 0 radical (unpaired) electrons. The number of benzene rings is 1.